The average Bonchev–Trinajstić information content (AvgIpc) is 3.14. The molecule has 0 atom stereocenters. The van der Waals surface area contributed by atoms with Crippen molar-refractivity contribution in [3.63, 3.8) is 0 Å². The lowest BCUT2D eigenvalue weighted by molar-refractivity contribution is -0.132. The van der Waals surface area contributed by atoms with Crippen molar-refractivity contribution < 1.29 is 28.6 Å². The summed E-state index contributed by atoms with van der Waals surface area (Å²) in [4.78, 5) is 40.1. The minimum atomic E-state index is -0.574. The van der Waals surface area contributed by atoms with Crippen molar-refractivity contribution >= 4 is 17.9 Å². The molecule has 1 saturated heterocycles. The van der Waals surface area contributed by atoms with Gasteiger partial charge in [0.05, 0.1) is 0 Å². The van der Waals surface area contributed by atoms with Crippen LogP contribution in [0.3, 0.4) is 0 Å². The average molecular weight is 405 g/mol. The molecular weight excluding hydrogens is 378 g/mol. The SMILES string of the molecule is CC(C)(C)OC(=O)NCCC(=O)N1CCN(C(=O)c2ccc3c(c2)OCO3)CC1. The molecule has 2 heterocycles. The second-order valence-corrected chi connectivity index (χ2v) is 7.92. The lowest BCUT2D eigenvalue weighted by Crippen LogP contribution is -2.51. The molecule has 2 aliphatic heterocycles. The van der Waals surface area contributed by atoms with Gasteiger partial charge in [-0.15, -0.1) is 0 Å². The molecule has 9 heteroatoms. The van der Waals surface area contributed by atoms with Gasteiger partial charge in [0.2, 0.25) is 12.7 Å². The zero-order chi connectivity index (χ0) is 21.0. The summed E-state index contributed by atoms with van der Waals surface area (Å²) in [5.41, 5.74) is -0.0369. The van der Waals surface area contributed by atoms with E-state index in [-0.39, 0.29) is 31.6 Å². The predicted molar refractivity (Wildman–Crippen MR) is 104 cm³/mol. The zero-order valence-corrected chi connectivity index (χ0v) is 17.0. The van der Waals surface area contributed by atoms with Crippen LogP contribution in [0.25, 0.3) is 0 Å². The van der Waals surface area contributed by atoms with Crippen molar-refractivity contribution in [1.82, 2.24) is 15.1 Å². The monoisotopic (exact) mass is 405 g/mol. The van der Waals surface area contributed by atoms with E-state index >= 15 is 0 Å². The first-order valence-electron chi connectivity index (χ1n) is 9.66. The molecule has 1 fully saturated rings. The maximum absolute atomic E-state index is 12.7. The largest absolute Gasteiger partial charge is 0.454 e. The first-order valence-corrected chi connectivity index (χ1v) is 9.66. The van der Waals surface area contributed by atoms with E-state index in [9.17, 15) is 14.4 Å². The van der Waals surface area contributed by atoms with Crippen LogP contribution in [0.1, 0.15) is 37.6 Å². The Labute approximate surface area is 169 Å². The molecule has 9 nitrogen and oxygen atoms in total. The van der Waals surface area contributed by atoms with E-state index in [1.54, 1.807) is 48.8 Å². The van der Waals surface area contributed by atoms with Crippen LogP contribution in [-0.2, 0) is 9.53 Å². The van der Waals surface area contributed by atoms with Crippen molar-refractivity contribution in [3.8, 4) is 11.5 Å². The molecule has 0 aromatic heterocycles. The van der Waals surface area contributed by atoms with Gasteiger partial charge in [-0.05, 0) is 39.0 Å². The zero-order valence-electron chi connectivity index (χ0n) is 17.0. The van der Waals surface area contributed by atoms with Crippen molar-refractivity contribution in [1.29, 1.82) is 0 Å². The van der Waals surface area contributed by atoms with Crippen LogP contribution in [0.5, 0.6) is 11.5 Å². The van der Waals surface area contributed by atoms with Crippen LogP contribution < -0.4 is 14.8 Å². The molecule has 0 unspecified atom stereocenters. The summed E-state index contributed by atoms with van der Waals surface area (Å²) in [5, 5.41) is 2.58. The van der Waals surface area contributed by atoms with Gasteiger partial charge in [0, 0.05) is 44.7 Å². The minimum absolute atomic E-state index is 0.0590. The number of ether oxygens (including phenoxy) is 3. The fourth-order valence-corrected chi connectivity index (χ4v) is 3.11. The molecule has 0 radical (unpaired) electrons. The fourth-order valence-electron chi connectivity index (χ4n) is 3.11. The highest BCUT2D eigenvalue weighted by atomic mass is 16.7. The van der Waals surface area contributed by atoms with Crippen LogP contribution >= 0.6 is 0 Å². The maximum atomic E-state index is 12.7. The topological polar surface area (TPSA) is 97.4 Å². The molecule has 3 rings (SSSR count). The third-order valence-electron chi connectivity index (χ3n) is 4.55. The van der Waals surface area contributed by atoms with Crippen molar-refractivity contribution in [2.45, 2.75) is 32.8 Å². The van der Waals surface area contributed by atoms with Crippen LogP contribution in [0.2, 0.25) is 0 Å². The van der Waals surface area contributed by atoms with Gasteiger partial charge in [-0.2, -0.15) is 0 Å². The molecule has 2 aliphatic rings. The summed E-state index contributed by atoms with van der Waals surface area (Å²) in [7, 11) is 0. The number of hydrogen-bond acceptors (Lipinski definition) is 6. The second-order valence-electron chi connectivity index (χ2n) is 7.92. The summed E-state index contributed by atoms with van der Waals surface area (Å²) in [6, 6.07) is 5.13. The van der Waals surface area contributed by atoms with Gasteiger partial charge in [-0.1, -0.05) is 0 Å². The van der Waals surface area contributed by atoms with Gasteiger partial charge in [0.15, 0.2) is 11.5 Å². The van der Waals surface area contributed by atoms with Crippen molar-refractivity contribution in [3.05, 3.63) is 23.8 Å². The number of piperazine rings is 1. The predicted octanol–water partition coefficient (Wildman–Crippen LogP) is 1.61. The number of carbonyl (C=O) groups is 3. The number of rotatable bonds is 4. The van der Waals surface area contributed by atoms with E-state index in [0.717, 1.165) is 0 Å². The van der Waals surface area contributed by atoms with E-state index in [1.165, 1.54) is 0 Å². The summed E-state index contributed by atoms with van der Waals surface area (Å²) < 4.78 is 15.7. The fraction of sp³-hybridized carbons (Fsp3) is 0.550. The first kappa shape index (κ1) is 20.8. The Hall–Kier alpha value is -2.97. The number of alkyl carbamates (subject to hydrolysis) is 1. The lowest BCUT2D eigenvalue weighted by atomic mass is 10.1. The van der Waals surface area contributed by atoms with E-state index in [1.807, 2.05) is 0 Å². The molecule has 0 bridgehead atoms. The van der Waals surface area contributed by atoms with Crippen LogP contribution in [0.15, 0.2) is 18.2 Å². The van der Waals surface area contributed by atoms with Gasteiger partial charge >= 0.3 is 6.09 Å². The van der Waals surface area contributed by atoms with Crippen LogP contribution in [0.4, 0.5) is 4.79 Å². The highest BCUT2D eigenvalue weighted by Gasteiger charge is 2.26. The summed E-state index contributed by atoms with van der Waals surface area (Å²) in [6.45, 7) is 7.55. The van der Waals surface area contributed by atoms with Gasteiger partial charge < -0.3 is 29.3 Å². The van der Waals surface area contributed by atoms with E-state index in [2.05, 4.69) is 5.32 Å². The number of nitrogens with zero attached hydrogens (tertiary/aromatic N) is 2. The maximum Gasteiger partial charge on any atom is 0.407 e. The highest BCUT2D eigenvalue weighted by Crippen LogP contribution is 2.32. The first-order chi connectivity index (χ1) is 13.7. The summed E-state index contributed by atoms with van der Waals surface area (Å²) >= 11 is 0. The van der Waals surface area contributed by atoms with Crippen LogP contribution in [0, 0.1) is 0 Å². The molecule has 1 aromatic rings. The summed E-state index contributed by atoms with van der Waals surface area (Å²) in [6.07, 6.45) is -0.348. The molecule has 1 aromatic carbocycles. The van der Waals surface area contributed by atoms with E-state index < -0.39 is 11.7 Å². The Morgan fingerprint density at radius 1 is 1.03 bits per heavy atom. The molecule has 1 N–H and O–H groups in total. The number of hydrogen-bond donors (Lipinski definition) is 1. The standard InChI is InChI=1S/C20H27N3O6/c1-20(2,3)29-19(26)21-7-6-17(24)22-8-10-23(11-9-22)18(25)14-4-5-15-16(12-14)28-13-27-15/h4-5,12H,6-11,13H2,1-3H3,(H,21,26). The smallest absolute Gasteiger partial charge is 0.407 e. The molecule has 29 heavy (non-hydrogen) atoms. The van der Waals surface area contributed by atoms with Gasteiger partial charge in [0.1, 0.15) is 5.60 Å². The Kier molecular flexibility index (Phi) is 6.14. The molecule has 0 spiro atoms. The third-order valence-corrected chi connectivity index (χ3v) is 4.55. The summed E-state index contributed by atoms with van der Waals surface area (Å²) in [5.74, 6) is 1.05. The van der Waals surface area contributed by atoms with E-state index in [0.29, 0.717) is 43.2 Å². The van der Waals surface area contributed by atoms with E-state index in [4.69, 9.17) is 14.2 Å². The Bertz CT molecular complexity index is 781. The number of benzene rings is 1. The van der Waals surface area contributed by atoms with Gasteiger partial charge in [0.25, 0.3) is 5.91 Å². The van der Waals surface area contributed by atoms with Crippen molar-refractivity contribution in [2.24, 2.45) is 0 Å². The Morgan fingerprint density at radius 3 is 2.38 bits per heavy atom. The molecule has 158 valence electrons. The number of fused-ring (bicyclic) bond motifs is 1. The number of carbonyl (C=O) groups excluding carboxylic acids is 3. The third kappa shape index (κ3) is 5.52. The molecular formula is C20H27N3O6. The molecule has 0 aliphatic carbocycles. The Morgan fingerprint density at radius 2 is 1.69 bits per heavy atom. The minimum Gasteiger partial charge on any atom is -0.454 e. The van der Waals surface area contributed by atoms with Crippen LogP contribution in [-0.4, -0.2) is 72.8 Å². The van der Waals surface area contributed by atoms with Crippen molar-refractivity contribution in [2.75, 3.05) is 39.5 Å². The molecule has 3 amide bonds. The quantitative estimate of drug-likeness (QED) is 0.818. The molecule has 0 saturated carbocycles. The number of nitrogens with one attached hydrogen (secondary N) is 1. The lowest BCUT2D eigenvalue weighted by Gasteiger charge is -2.35. The Balaban J connectivity index is 1.42. The van der Waals surface area contributed by atoms with Gasteiger partial charge in [-0.25, -0.2) is 4.79 Å². The highest BCUT2D eigenvalue weighted by molar-refractivity contribution is 5.95. The normalized spacial score (nSPS) is 15.8. The second kappa shape index (κ2) is 8.59. The van der Waals surface area contributed by atoms with Gasteiger partial charge in [-0.3, -0.25) is 9.59 Å². The number of amides is 3.